The lowest BCUT2D eigenvalue weighted by molar-refractivity contribution is 0.221. The molecule has 19 heavy (non-hydrogen) atoms. The second kappa shape index (κ2) is 5.43. The first-order valence-electron chi connectivity index (χ1n) is 7.01. The van der Waals surface area contributed by atoms with Gasteiger partial charge in [-0.25, -0.2) is 0 Å². The summed E-state index contributed by atoms with van der Waals surface area (Å²) in [5.41, 5.74) is 1.85. The molecule has 1 saturated heterocycles. The number of rotatable bonds is 4. The summed E-state index contributed by atoms with van der Waals surface area (Å²) < 4.78 is 6.39. The van der Waals surface area contributed by atoms with Crippen molar-refractivity contribution in [2.24, 2.45) is 0 Å². The molecule has 1 aromatic carbocycles. The summed E-state index contributed by atoms with van der Waals surface area (Å²) in [5, 5.41) is 3.42. The van der Waals surface area contributed by atoms with E-state index in [1.165, 1.54) is 38.0 Å². The maximum Gasteiger partial charge on any atom is 0.133 e. The van der Waals surface area contributed by atoms with Crippen LogP contribution in [0.1, 0.15) is 18.4 Å². The Balaban J connectivity index is 1.74. The topological polar surface area (TPSA) is 24.5 Å². The first-order chi connectivity index (χ1) is 9.23. The number of piperazine rings is 1. The van der Waals surface area contributed by atoms with Crippen molar-refractivity contribution in [1.29, 1.82) is 0 Å². The number of hydrogen-bond donors (Lipinski definition) is 1. The first-order valence-corrected chi connectivity index (χ1v) is 7.80. The molecule has 1 aliphatic carbocycles. The molecule has 3 nitrogen and oxygen atoms in total. The first kappa shape index (κ1) is 13.4. The molecule has 2 fully saturated rings. The molecule has 0 spiro atoms. The van der Waals surface area contributed by atoms with Crippen LogP contribution in [-0.2, 0) is 5.41 Å². The van der Waals surface area contributed by atoms with Gasteiger partial charge in [0.15, 0.2) is 0 Å². The molecule has 0 atom stereocenters. The van der Waals surface area contributed by atoms with Crippen molar-refractivity contribution >= 4 is 15.9 Å². The number of nitrogens with zero attached hydrogens (tertiary/aromatic N) is 1. The van der Waals surface area contributed by atoms with Crippen LogP contribution >= 0.6 is 15.9 Å². The summed E-state index contributed by atoms with van der Waals surface area (Å²) >= 11 is 3.60. The smallest absolute Gasteiger partial charge is 0.133 e. The van der Waals surface area contributed by atoms with Crippen LogP contribution < -0.4 is 10.1 Å². The van der Waals surface area contributed by atoms with Crippen molar-refractivity contribution in [3.05, 3.63) is 28.2 Å². The zero-order valence-electron chi connectivity index (χ0n) is 11.4. The Morgan fingerprint density at radius 2 is 2.05 bits per heavy atom. The average Bonchev–Trinajstić information content (AvgIpc) is 3.21. The van der Waals surface area contributed by atoms with Gasteiger partial charge in [-0.1, -0.05) is 6.07 Å². The third-order valence-electron chi connectivity index (χ3n) is 4.35. The summed E-state index contributed by atoms with van der Waals surface area (Å²) in [5.74, 6) is 0.918. The predicted octanol–water partition coefficient (Wildman–Crippen LogP) is 2.39. The fraction of sp³-hybridized carbons (Fsp3) is 0.600. The average molecular weight is 325 g/mol. The largest absolute Gasteiger partial charge is 0.496 e. The van der Waals surface area contributed by atoms with E-state index in [0.29, 0.717) is 5.41 Å². The summed E-state index contributed by atoms with van der Waals surface area (Å²) in [7, 11) is 1.72. The highest BCUT2D eigenvalue weighted by molar-refractivity contribution is 9.10. The van der Waals surface area contributed by atoms with Gasteiger partial charge >= 0.3 is 0 Å². The Morgan fingerprint density at radius 3 is 2.63 bits per heavy atom. The van der Waals surface area contributed by atoms with Gasteiger partial charge in [-0.3, -0.25) is 4.90 Å². The molecule has 1 heterocycles. The monoisotopic (exact) mass is 324 g/mol. The third kappa shape index (κ3) is 2.81. The van der Waals surface area contributed by atoms with E-state index in [2.05, 4.69) is 44.3 Å². The maximum atomic E-state index is 5.32. The Morgan fingerprint density at radius 1 is 1.32 bits per heavy atom. The van der Waals surface area contributed by atoms with Crippen LogP contribution in [0.3, 0.4) is 0 Å². The molecule has 1 aromatic rings. The van der Waals surface area contributed by atoms with Crippen molar-refractivity contribution in [3.8, 4) is 5.75 Å². The van der Waals surface area contributed by atoms with E-state index in [4.69, 9.17) is 4.74 Å². The molecule has 0 amide bonds. The van der Waals surface area contributed by atoms with Gasteiger partial charge in [-0.2, -0.15) is 0 Å². The Hall–Kier alpha value is -0.580. The lowest BCUT2D eigenvalue weighted by Crippen LogP contribution is -2.46. The van der Waals surface area contributed by atoms with Crippen molar-refractivity contribution in [2.45, 2.75) is 18.3 Å². The zero-order chi connectivity index (χ0) is 13.3. The van der Waals surface area contributed by atoms with Gasteiger partial charge < -0.3 is 10.1 Å². The quantitative estimate of drug-likeness (QED) is 0.920. The molecule has 0 radical (unpaired) electrons. The minimum Gasteiger partial charge on any atom is -0.496 e. The molecule has 0 bridgehead atoms. The van der Waals surface area contributed by atoms with Gasteiger partial charge in [0.1, 0.15) is 5.75 Å². The van der Waals surface area contributed by atoms with Crippen LogP contribution in [0.4, 0.5) is 0 Å². The Labute approximate surface area is 123 Å². The Kier molecular flexibility index (Phi) is 3.83. The van der Waals surface area contributed by atoms with Crippen molar-refractivity contribution in [1.82, 2.24) is 10.2 Å². The van der Waals surface area contributed by atoms with Crippen molar-refractivity contribution in [3.63, 3.8) is 0 Å². The normalized spacial score (nSPS) is 22.2. The van der Waals surface area contributed by atoms with Crippen LogP contribution in [0.5, 0.6) is 5.75 Å². The van der Waals surface area contributed by atoms with E-state index in [-0.39, 0.29) is 0 Å². The number of ether oxygens (including phenoxy) is 1. The van der Waals surface area contributed by atoms with Gasteiger partial charge in [0.2, 0.25) is 0 Å². The van der Waals surface area contributed by atoms with Gasteiger partial charge in [-0.05, 0) is 46.5 Å². The van der Waals surface area contributed by atoms with Gasteiger partial charge in [0.25, 0.3) is 0 Å². The fourth-order valence-corrected chi connectivity index (χ4v) is 3.52. The highest BCUT2D eigenvalue weighted by Gasteiger charge is 2.45. The standard InChI is InChI=1S/C15H21BrN2O/c1-19-14-3-2-12(10-13(14)16)15(4-5-15)11-18-8-6-17-7-9-18/h2-3,10,17H,4-9,11H2,1H3. The second-order valence-electron chi connectivity index (χ2n) is 5.66. The highest BCUT2D eigenvalue weighted by atomic mass is 79.9. The number of halogens is 1. The molecular formula is C15H21BrN2O. The van der Waals surface area contributed by atoms with Crippen molar-refractivity contribution in [2.75, 3.05) is 39.8 Å². The fourth-order valence-electron chi connectivity index (χ4n) is 2.98. The number of methoxy groups -OCH3 is 1. The third-order valence-corrected chi connectivity index (χ3v) is 4.97. The molecule has 0 unspecified atom stereocenters. The van der Waals surface area contributed by atoms with Gasteiger partial charge in [0, 0.05) is 38.1 Å². The van der Waals surface area contributed by atoms with Crippen LogP contribution in [0.2, 0.25) is 0 Å². The number of benzene rings is 1. The van der Waals surface area contributed by atoms with Gasteiger partial charge in [0.05, 0.1) is 11.6 Å². The van der Waals surface area contributed by atoms with E-state index in [9.17, 15) is 0 Å². The SMILES string of the molecule is COc1ccc(C2(CN3CCNCC3)CC2)cc1Br. The number of nitrogens with one attached hydrogen (secondary N) is 1. The van der Waals surface area contributed by atoms with Crippen LogP contribution in [0.15, 0.2) is 22.7 Å². The van der Waals surface area contributed by atoms with Crippen LogP contribution in [0.25, 0.3) is 0 Å². The summed E-state index contributed by atoms with van der Waals surface area (Å²) in [6.45, 7) is 5.82. The molecule has 104 valence electrons. The lowest BCUT2D eigenvalue weighted by atomic mass is 9.95. The van der Waals surface area contributed by atoms with E-state index in [0.717, 1.165) is 23.3 Å². The Bertz CT molecular complexity index is 453. The lowest BCUT2D eigenvalue weighted by Gasteiger charge is -2.31. The van der Waals surface area contributed by atoms with Crippen LogP contribution in [0, 0.1) is 0 Å². The summed E-state index contributed by atoms with van der Waals surface area (Å²) in [6.07, 6.45) is 2.63. The molecule has 1 saturated carbocycles. The maximum absolute atomic E-state index is 5.32. The summed E-state index contributed by atoms with van der Waals surface area (Å²) in [6, 6.07) is 6.56. The number of hydrogen-bond acceptors (Lipinski definition) is 3. The molecule has 1 aliphatic heterocycles. The highest BCUT2D eigenvalue weighted by Crippen LogP contribution is 2.50. The molecular weight excluding hydrogens is 304 g/mol. The van der Waals surface area contributed by atoms with E-state index < -0.39 is 0 Å². The summed E-state index contributed by atoms with van der Waals surface area (Å²) in [4.78, 5) is 2.60. The predicted molar refractivity (Wildman–Crippen MR) is 80.9 cm³/mol. The zero-order valence-corrected chi connectivity index (χ0v) is 13.0. The minimum atomic E-state index is 0.395. The molecule has 2 aliphatic rings. The minimum absolute atomic E-state index is 0.395. The van der Waals surface area contributed by atoms with Gasteiger partial charge in [-0.15, -0.1) is 0 Å². The van der Waals surface area contributed by atoms with Crippen LogP contribution in [-0.4, -0.2) is 44.7 Å². The van der Waals surface area contributed by atoms with E-state index in [1.54, 1.807) is 7.11 Å². The van der Waals surface area contributed by atoms with E-state index in [1.807, 2.05) is 0 Å². The second-order valence-corrected chi connectivity index (χ2v) is 6.51. The molecule has 3 rings (SSSR count). The van der Waals surface area contributed by atoms with Crippen molar-refractivity contribution < 1.29 is 4.74 Å². The molecule has 1 N–H and O–H groups in total. The van der Waals surface area contributed by atoms with E-state index >= 15 is 0 Å². The molecule has 4 heteroatoms. The molecule has 0 aromatic heterocycles.